The maximum absolute atomic E-state index is 12.6. The molecule has 0 aliphatic heterocycles. The molecule has 1 saturated carbocycles. The second kappa shape index (κ2) is 7.91. The molecule has 2 aromatic rings. The molecule has 0 bridgehead atoms. The quantitative estimate of drug-likeness (QED) is 0.792. The zero-order valence-electron chi connectivity index (χ0n) is 15.7. The van der Waals surface area contributed by atoms with Crippen LogP contribution in [0.25, 0.3) is 0 Å². The van der Waals surface area contributed by atoms with Gasteiger partial charge in [0, 0.05) is 22.9 Å². The lowest BCUT2D eigenvalue weighted by Crippen LogP contribution is -2.30. The summed E-state index contributed by atoms with van der Waals surface area (Å²) >= 11 is 0. The lowest BCUT2D eigenvalue weighted by Gasteiger charge is -2.28. The average Bonchev–Trinajstić information content (AvgIpc) is 2.95. The van der Waals surface area contributed by atoms with Crippen LogP contribution in [-0.2, 0) is 16.1 Å². The van der Waals surface area contributed by atoms with E-state index in [9.17, 15) is 4.79 Å². The van der Waals surface area contributed by atoms with E-state index in [2.05, 4.69) is 10.5 Å². The second-order valence-corrected chi connectivity index (χ2v) is 7.10. The minimum absolute atomic E-state index is 0.0229. The van der Waals surface area contributed by atoms with Crippen molar-refractivity contribution in [1.82, 2.24) is 5.16 Å². The summed E-state index contributed by atoms with van der Waals surface area (Å²) in [7, 11) is 0. The van der Waals surface area contributed by atoms with Gasteiger partial charge in [0.1, 0.15) is 5.76 Å². The molecular weight excluding hydrogens is 330 g/mol. The summed E-state index contributed by atoms with van der Waals surface area (Å²) in [5.41, 5.74) is 10.2. The Balaban J connectivity index is 1.49. The van der Waals surface area contributed by atoms with Gasteiger partial charge in [-0.2, -0.15) is 0 Å². The molecule has 1 aliphatic carbocycles. The zero-order chi connectivity index (χ0) is 18.7. The Bertz CT molecular complexity index is 757. The highest BCUT2D eigenvalue weighted by Crippen LogP contribution is 2.29. The lowest BCUT2D eigenvalue weighted by molar-refractivity contribution is -0.121. The fraction of sp³-hybridized carbons (Fsp3) is 0.500. The van der Waals surface area contributed by atoms with Crippen LogP contribution in [0.3, 0.4) is 0 Å². The van der Waals surface area contributed by atoms with Crippen molar-refractivity contribution in [2.24, 2.45) is 5.92 Å². The molecule has 6 nitrogen and oxygen atoms in total. The number of aryl methyl sites for hydroxylation is 2. The van der Waals surface area contributed by atoms with E-state index in [4.69, 9.17) is 15.0 Å². The highest BCUT2D eigenvalue weighted by Gasteiger charge is 2.27. The van der Waals surface area contributed by atoms with Gasteiger partial charge in [-0.25, -0.2) is 0 Å². The van der Waals surface area contributed by atoms with Crippen molar-refractivity contribution in [2.75, 3.05) is 11.1 Å². The van der Waals surface area contributed by atoms with E-state index >= 15 is 0 Å². The van der Waals surface area contributed by atoms with Gasteiger partial charge in [0.05, 0.1) is 18.4 Å². The summed E-state index contributed by atoms with van der Waals surface area (Å²) in [4.78, 5) is 12.6. The Morgan fingerprint density at radius 2 is 2.00 bits per heavy atom. The molecule has 0 saturated heterocycles. The van der Waals surface area contributed by atoms with Crippen LogP contribution < -0.4 is 11.1 Å². The van der Waals surface area contributed by atoms with Crippen molar-refractivity contribution < 1.29 is 14.1 Å². The molecule has 0 spiro atoms. The third-order valence-corrected chi connectivity index (χ3v) is 5.32. The number of hydrogen-bond acceptors (Lipinski definition) is 5. The molecule has 140 valence electrons. The van der Waals surface area contributed by atoms with Gasteiger partial charge in [-0.05, 0) is 64.2 Å². The van der Waals surface area contributed by atoms with Crippen molar-refractivity contribution in [3.8, 4) is 0 Å². The molecular formula is C20H27N3O3. The normalized spacial score (nSPS) is 20.1. The van der Waals surface area contributed by atoms with E-state index in [0.717, 1.165) is 54.0 Å². The summed E-state index contributed by atoms with van der Waals surface area (Å²) < 4.78 is 11.2. The summed E-state index contributed by atoms with van der Waals surface area (Å²) in [6, 6.07) is 5.59. The molecule has 1 fully saturated rings. The number of amides is 1. The molecule has 1 aromatic heterocycles. The number of benzene rings is 1. The second-order valence-electron chi connectivity index (χ2n) is 7.10. The van der Waals surface area contributed by atoms with Gasteiger partial charge >= 0.3 is 0 Å². The summed E-state index contributed by atoms with van der Waals surface area (Å²) in [5.74, 6) is 0.908. The fourth-order valence-electron chi connectivity index (χ4n) is 3.42. The average molecular weight is 357 g/mol. The number of carbonyl (C=O) groups is 1. The lowest BCUT2D eigenvalue weighted by atomic mass is 9.86. The van der Waals surface area contributed by atoms with E-state index in [1.165, 1.54) is 0 Å². The van der Waals surface area contributed by atoms with Crippen molar-refractivity contribution >= 4 is 17.3 Å². The van der Waals surface area contributed by atoms with Crippen molar-refractivity contribution in [2.45, 2.75) is 59.2 Å². The predicted molar refractivity (Wildman–Crippen MR) is 101 cm³/mol. The molecule has 6 heteroatoms. The number of nitrogens with one attached hydrogen (secondary N) is 1. The van der Waals surface area contributed by atoms with Gasteiger partial charge in [-0.15, -0.1) is 0 Å². The van der Waals surface area contributed by atoms with E-state index < -0.39 is 0 Å². The van der Waals surface area contributed by atoms with Crippen LogP contribution in [0.4, 0.5) is 11.4 Å². The first-order chi connectivity index (χ1) is 12.5. The minimum Gasteiger partial charge on any atom is -0.398 e. The topological polar surface area (TPSA) is 90.4 Å². The Morgan fingerprint density at radius 1 is 1.27 bits per heavy atom. The summed E-state index contributed by atoms with van der Waals surface area (Å²) in [6.07, 6.45) is 3.62. The molecule has 26 heavy (non-hydrogen) atoms. The molecule has 1 aromatic carbocycles. The number of hydrogen-bond donors (Lipinski definition) is 2. The van der Waals surface area contributed by atoms with Crippen LogP contribution in [-0.4, -0.2) is 17.2 Å². The van der Waals surface area contributed by atoms with Crippen LogP contribution in [0.5, 0.6) is 0 Å². The molecule has 1 heterocycles. The van der Waals surface area contributed by atoms with Crippen LogP contribution in [0, 0.1) is 26.7 Å². The monoisotopic (exact) mass is 357 g/mol. The number of carbonyl (C=O) groups excluding carboxylic acids is 1. The highest BCUT2D eigenvalue weighted by atomic mass is 16.5. The Morgan fingerprint density at radius 3 is 2.65 bits per heavy atom. The maximum atomic E-state index is 12.6. The van der Waals surface area contributed by atoms with Crippen LogP contribution >= 0.6 is 0 Å². The first-order valence-corrected chi connectivity index (χ1v) is 9.15. The van der Waals surface area contributed by atoms with Gasteiger partial charge < -0.3 is 20.3 Å². The molecule has 0 radical (unpaired) electrons. The van der Waals surface area contributed by atoms with E-state index in [1.54, 1.807) is 0 Å². The number of anilines is 2. The van der Waals surface area contributed by atoms with E-state index in [1.807, 2.05) is 39.0 Å². The van der Waals surface area contributed by atoms with E-state index in [-0.39, 0.29) is 17.9 Å². The number of aromatic nitrogens is 1. The molecule has 0 atom stereocenters. The molecule has 3 N–H and O–H groups in total. The molecule has 1 aliphatic rings. The van der Waals surface area contributed by atoms with Crippen LogP contribution in [0.2, 0.25) is 0 Å². The smallest absolute Gasteiger partial charge is 0.227 e. The molecule has 1 amide bonds. The van der Waals surface area contributed by atoms with Gasteiger partial charge in [0.25, 0.3) is 0 Å². The zero-order valence-corrected chi connectivity index (χ0v) is 15.7. The Labute approximate surface area is 154 Å². The maximum Gasteiger partial charge on any atom is 0.227 e. The number of rotatable bonds is 5. The van der Waals surface area contributed by atoms with Crippen molar-refractivity contribution in [1.29, 1.82) is 0 Å². The molecule has 0 unspecified atom stereocenters. The number of ether oxygens (including phenoxy) is 1. The van der Waals surface area contributed by atoms with Gasteiger partial charge in [-0.1, -0.05) is 11.2 Å². The van der Waals surface area contributed by atoms with Gasteiger partial charge in [0.2, 0.25) is 5.91 Å². The third-order valence-electron chi connectivity index (χ3n) is 5.32. The minimum atomic E-state index is 0.0229. The number of nitrogens with zero attached hydrogens (tertiary/aromatic N) is 1. The largest absolute Gasteiger partial charge is 0.398 e. The van der Waals surface area contributed by atoms with Gasteiger partial charge in [0.15, 0.2) is 0 Å². The predicted octanol–water partition coefficient (Wildman–Crippen LogP) is 3.90. The van der Waals surface area contributed by atoms with Crippen LogP contribution in [0.15, 0.2) is 22.7 Å². The van der Waals surface area contributed by atoms with Crippen LogP contribution in [0.1, 0.15) is 48.3 Å². The Kier molecular flexibility index (Phi) is 5.61. The summed E-state index contributed by atoms with van der Waals surface area (Å²) in [5, 5.41) is 6.98. The van der Waals surface area contributed by atoms with Gasteiger partial charge in [-0.3, -0.25) is 4.79 Å². The first-order valence-electron chi connectivity index (χ1n) is 9.15. The van der Waals surface area contributed by atoms with Crippen molar-refractivity contribution in [3.05, 3.63) is 40.8 Å². The number of nitrogens with two attached hydrogens (primary N) is 1. The SMILES string of the molecule is Cc1noc(C)c1COC1CCC(C(=O)Nc2cccc(N)c2C)CC1. The standard InChI is InChI=1S/C20H27N3O3/c1-12-18(21)5-4-6-19(12)22-20(24)15-7-9-16(10-8-15)25-11-17-13(2)23-26-14(17)3/h4-6,15-16H,7-11,21H2,1-3H3,(H,22,24). The summed E-state index contributed by atoms with van der Waals surface area (Å²) in [6.45, 7) is 6.27. The molecule has 3 rings (SSSR count). The Hall–Kier alpha value is -2.34. The third kappa shape index (κ3) is 4.07. The van der Waals surface area contributed by atoms with E-state index in [0.29, 0.717) is 12.3 Å². The highest BCUT2D eigenvalue weighted by molar-refractivity contribution is 5.94. The fourth-order valence-corrected chi connectivity index (χ4v) is 3.42. The first kappa shape index (κ1) is 18.5. The van der Waals surface area contributed by atoms with Crippen molar-refractivity contribution in [3.63, 3.8) is 0 Å². The number of nitrogen functional groups attached to an aromatic ring is 1.